The third-order valence-electron chi connectivity index (χ3n) is 4.50. The average molecular weight is 324 g/mol. The third kappa shape index (κ3) is 3.02. The van der Waals surface area contributed by atoms with Gasteiger partial charge in [0.1, 0.15) is 0 Å². The van der Waals surface area contributed by atoms with Crippen LogP contribution >= 0.6 is 0 Å². The molecule has 0 aliphatic carbocycles. The van der Waals surface area contributed by atoms with E-state index in [2.05, 4.69) is 34.5 Å². The van der Waals surface area contributed by atoms with Crippen LogP contribution in [0.2, 0.25) is 0 Å². The van der Waals surface area contributed by atoms with Crippen LogP contribution in [-0.2, 0) is 6.54 Å². The fraction of sp³-hybridized carbons (Fsp3) is 0.316. The summed E-state index contributed by atoms with van der Waals surface area (Å²) in [7, 11) is 0. The Morgan fingerprint density at radius 1 is 1.00 bits per heavy atom. The summed E-state index contributed by atoms with van der Waals surface area (Å²) in [6.45, 7) is 3.00. The lowest BCUT2D eigenvalue weighted by molar-refractivity contribution is 0.0950. The van der Waals surface area contributed by atoms with Crippen molar-refractivity contribution in [2.45, 2.75) is 19.4 Å². The normalized spacial score (nSPS) is 15.6. The van der Waals surface area contributed by atoms with Gasteiger partial charge < -0.3 is 19.7 Å². The zero-order chi connectivity index (χ0) is 16.4. The molecule has 2 aromatic rings. The van der Waals surface area contributed by atoms with Gasteiger partial charge in [0.15, 0.2) is 11.5 Å². The predicted molar refractivity (Wildman–Crippen MR) is 91.6 cm³/mol. The summed E-state index contributed by atoms with van der Waals surface area (Å²) < 4.78 is 10.6. The minimum atomic E-state index is -0.114. The Kier molecular flexibility index (Phi) is 3.99. The maximum atomic E-state index is 12.3. The SMILES string of the molecule is O=C(NCc1ccc(N2CCCC2)cc1)c1ccc2c(c1)OCO2. The molecule has 1 fully saturated rings. The number of rotatable bonds is 4. The van der Waals surface area contributed by atoms with Crippen LogP contribution < -0.4 is 19.7 Å². The van der Waals surface area contributed by atoms with Crippen LogP contribution in [0.5, 0.6) is 11.5 Å². The summed E-state index contributed by atoms with van der Waals surface area (Å²) in [5, 5.41) is 2.95. The molecule has 0 radical (unpaired) electrons. The van der Waals surface area contributed by atoms with Gasteiger partial charge >= 0.3 is 0 Å². The van der Waals surface area contributed by atoms with Gasteiger partial charge in [-0.2, -0.15) is 0 Å². The van der Waals surface area contributed by atoms with Gasteiger partial charge in [-0.15, -0.1) is 0 Å². The second-order valence-electron chi connectivity index (χ2n) is 6.11. The van der Waals surface area contributed by atoms with E-state index < -0.39 is 0 Å². The summed E-state index contributed by atoms with van der Waals surface area (Å²) in [5.41, 5.74) is 2.93. The molecule has 0 unspecified atom stereocenters. The van der Waals surface area contributed by atoms with E-state index in [4.69, 9.17) is 9.47 Å². The Morgan fingerprint density at radius 2 is 1.75 bits per heavy atom. The maximum Gasteiger partial charge on any atom is 0.251 e. The van der Waals surface area contributed by atoms with Crippen molar-refractivity contribution >= 4 is 11.6 Å². The Hall–Kier alpha value is -2.69. The van der Waals surface area contributed by atoms with Crippen molar-refractivity contribution in [1.29, 1.82) is 0 Å². The predicted octanol–water partition coefficient (Wildman–Crippen LogP) is 2.95. The molecule has 5 nitrogen and oxygen atoms in total. The lowest BCUT2D eigenvalue weighted by Crippen LogP contribution is -2.23. The van der Waals surface area contributed by atoms with Crippen molar-refractivity contribution in [2.24, 2.45) is 0 Å². The summed E-state index contributed by atoms with van der Waals surface area (Å²) in [4.78, 5) is 14.7. The smallest absolute Gasteiger partial charge is 0.251 e. The molecule has 1 saturated heterocycles. The minimum Gasteiger partial charge on any atom is -0.454 e. The highest BCUT2D eigenvalue weighted by molar-refractivity contribution is 5.94. The first-order chi connectivity index (χ1) is 11.8. The molecule has 0 aromatic heterocycles. The average Bonchev–Trinajstić information content (AvgIpc) is 3.30. The number of ether oxygens (including phenoxy) is 2. The van der Waals surface area contributed by atoms with Crippen LogP contribution in [0.1, 0.15) is 28.8 Å². The van der Waals surface area contributed by atoms with Crippen molar-refractivity contribution in [2.75, 3.05) is 24.8 Å². The van der Waals surface area contributed by atoms with Crippen LogP contribution in [0, 0.1) is 0 Å². The zero-order valence-electron chi connectivity index (χ0n) is 13.5. The Labute approximate surface area is 141 Å². The van der Waals surface area contributed by atoms with Crippen LogP contribution in [0.25, 0.3) is 0 Å². The van der Waals surface area contributed by atoms with Crippen LogP contribution in [0.4, 0.5) is 5.69 Å². The topological polar surface area (TPSA) is 50.8 Å². The van der Waals surface area contributed by atoms with E-state index in [0.29, 0.717) is 23.6 Å². The van der Waals surface area contributed by atoms with E-state index in [1.165, 1.54) is 18.5 Å². The lowest BCUT2D eigenvalue weighted by atomic mass is 10.1. The number of nitrogens with zero attached hydrogens (tertiary/aromatic N) is 1. The van der Waals surface area contributed by atoms with E-state index in [9.17, 15) is 4.79 Å². The van der Waals surface area contributed by atoms with E-state index in [-0.39, 0.29) is 12.7 Å². The molecule has 0 saturated carbocycles. The van der Waals surface area contributed by atoms with Crippen molar-refractivity contribution in [3.8, 4) is 11.5 Å². The number of hydrogen-bond acceptors (Lipinski definition) is 4. The molecule has 24 heavy (non-hydrogen) atoms. The second-order valence-corrected chi connectivity index (χ2v) is 6.11. The second kappa shape index (κ2) is 6.43. The van der Waals surface area contributed by atoms with Gasteiger partial charge in [-0.1, -0.05) is 12.1 Å². The van der Waals surface area contributed by atoms with Crippen molar-refractivity contribution in [3.63, 3.8) is 0 Å². The third-order valence-corrected chi connectivity index (χ3v) is 4.50. The van der Waals surface area contributed by atoms with Gasteiger partial charge in [0.25, 0.3) is 5.91 Å². The highest BCUT2D eigenvalue weighted by Crippen LogP contribution is 2.32. The Morgan fingerprint density at radius 3 is 2.54 bits per heavy atom. The number of benzene rings is 2. The maximum absolute atomic E-state index is 12.3. The summed E-state index contributed by atoms with van der Waals surface area (Å²) >= 11 is 0. The van der Waals surface area contributed by atoms with Crippen LogP contribution in [-0.4, -0.2) is 25.8 Å². The molecule has 2 aromatic carbocycles. The molecule has 2 aliphatic heterocycles. The first-order valence-electron chi connectivity index (χ1n) is 8.31. The Balaban J connectivity index is 1.36. The summed E-state index contributed by atoms with van der Waals surface area (Å²) in [6.07, 6.45) is 2.54. The van der Waals surface area contributed by atoms with Crippen LogP contribution in [0.15, 0.2) is 42.5 Å². The number of carbonyl (C=O) groups is 1. The molecule has 2 heterocycles. The minimum absolute atomic E-state index is 0.114. The highest BCUT2D eigenvalue weighted by atomic mass is 16.7. The first-order valence-corrected chi connectivity index (χ1v) is 8.31. The zero-order valence-corrected chi connectivity index (χ0v) is 13.5. The van der Waals surface area contributed by atoms with E-state index in [1.807, 2.05) is 0 Å². The number of nitrogens with one attached hydrogen (secondary N) is 1. The molecule has 1 amide bonds. The molecular weight excluding hydrogens is 304 g/mol. The number of fused-ring (bicyclic) bond motifs is 1. The summed E-state index contributed by atoms with van der Waals surface area (Å²) in [5.74, 6) is 1.19. The monoisotopic (exact) mass is 324 g/mol. The van der Waals surface area contributed by atoms with E-state index in [1.54, 1.807) is 18.2 Å². The molecule has 1 N–H and O–H groups in total. The fourth-order valence-corrected chi connectivity index (χ4v) is 3.12. The molecule has 0 bridgehead atoms. The molecule has 124 valence electrons. The molecule has 5 heteroatoms. The summed E-state index contributed by atoms with van der Waals surface area (Å²) in [6, 6.07) is 13.7. The van der Waals surface area contributed by atoms with Gasteiger partial charge in [0.2, 0.25) is 6.79 Å². The molecule has 2 aliphatic rings. The number of amides is 1. The number of hydrogen-bond donors (Lipinski definition) is 1. The van der Waals surface area contributed by atoms with Crippen LogP contribution in [0.3, 0.4) is 0 Å². The molecule has 4 rings (SSSR count). The van der Waals surface area contributed by atoms with Gasteiger partial charge in [-0.3, -0.25) is 4.79 Å². The largest absolute Gasteiger partial charge is 0.454 e. The highest BCUT2D eigenvalue weighted by Gasteiger charge is 2.16. The van der Waals surface area contributed by atoms with E-state index in [0.717, 1.165) is 18.7 Å². The van der Waals surface area contributed by atoms with E-state index >= 15 is 0 Å². The standard InChI is InChI=1S/C19H20N2O3/c22-19(15-5-8-17-18(11-15)24-13-23-17)20-12-14-3-6-16(7-4-14)21-9-1-2-10-21/h3-8,11H,1-2,9-10,12-13H2,(H,20,22). The van der Waals surface area contributed by atoms with Gasteiger partial charge in [-0.25, -0.2) is 0 Å². The van der Waals surface area contributed by atoms with Crippen molar-refractivity contribution < 1.29 is 14.3 Å². The molecule has 0 spiro atoms. The quantitative estimate of drug-likeness (QED) is 0.939. The fourth-order valence-electron chi connectivity index (χ4n) is 3.12. The first kappa shape index (κ1) is 14.9. The van der Waals surface area contributed by atoms with Crippen molar-refractivity contribution in [1.82, 2.24) is 5.32 Å². The van der Waals surface area contributed by atoms with Crippen molar-refractivity contribution in [3.05, 3.63) is 53.6 Å². The van der Waals surface area contributed by atoms with Gasteiger partial charge in [0, 0.05) is 30.9 Å². The molecular formula is C19H20N2O3. The van der Waals surface area contributed by atoms with Gasteiger partial charge in [-0.05, 0) is 48.7 Å². The van der Waals surface area contributed by atoms with Gasteiger partial charge in [0.05, 0.1) is 0 Å². The Bertz CT molecular complexity index is 737. The lowest BCUT2D eigenvalue weighted by Gasteiger charge is -2.17. The number of carbonyl (C=O) groups excluding carboxylic acids is 1. The number of anilines is 1. The molecule has 0 atom stereocenters.